The Kier molecular flexibility index (Phi) is 9.18. The first-order chi connectivity index (χ1) is 14.5. The Morgan fingerprint density at radius 3 is 2.33 bits per heavy atom. The lowest BCUT2D eigenvalue weighted by molar-refractivity contribution is 0.0496. The van der Waals surface area contributed by atoms with Gasteiger partial charge in [-0.3, -0.25) is 0 Å². The zero-order valence-corrected chi connectivity index (χ0v) is 17.6. The van der Waals surface area contributed by atoms with E-state index in [9.17, 15) is 9.90 Å². The minimum atomic E-state index is -0.712. The van der Waals surface area contributed by atoms with E-state index >= 15 is 0 Å². The van der Waals surface area contributed by atoms with Gasteiger partial charge in [-0.05, 0) is 35.9 Å². The van der Waals surface area contributed by atoms with Gasteiger partial charge in [0.05, 0.1) is 39.6 Å². The molecule has 2 aromatic carbocycles. The molecule has 0 amide bonds. The van der Waals surface area contributed by atoms with Crippen molar-refractivity contribution in [1.29, 1.82) is 0 Å². The Hall–Kier alpha value is -3.03. The average Bonchev–Trinajstić information content (AvgIpc) is 2.79. The number of aliphatic hydroxyl groups is 1. The summed E-state index contributed by atoms with van der Waals surface area (Å²) in [6, 6.07) is 12.5. The van der Waals surface area contributed by atoms with Crippen LogP contribution in [0.4, 0.5) is 0 Å². The summed E-state index contributed by atoms with van der Waals surface area (Å²) in [5.74, 6) is 1.04. The van der Waals surface area contributed by atoms with E-state index in [2.05, 4.69) is 6.58 Å². The lowest BCUT2D eigenvalue weighted by atomic mass is 10.1. The maximum atomic E-state index is 12.0. The zero-order chi connectivity index (χ0) is 21.9. The molecule has 2 aromatic rings. The van der Waals surface area contributed by atoms with Crippen LogP contribution in [-0.4, -0.2) is 51.7 Å². The number of esters is 1. The fourth-order valence-electron chi connectivity index (χ4n) is 2.65. The van der Waals surface area contributed by atoms with E-state index < -0.39 is 12.1 Å². The first-order valence-corrected chi connectivity index (χ1v) is 9.45. The third kappa shape index (κ3) is 6.79. The van der Waals surface area contributed by atoms with Gasteiger partial charge in [0, 0.05) is 18.6 Å². The largest absolute Gasteiger partial charge is 0.497 e. The summed E-state index contributed by atoms with van der Waals surface area (Å²) in [4.78, 5) is 12.0. The highest BCUT2D eigenvalue weighted by Gasteiger charge is 2.16. The first kappa shape index (κ1) is 23.3. The average molecular weight is 416 g/mol. The van der Waals surface area contributed by atoms with Crippen LogP contribution < -0.4 is 9.47 Å². The number of hydrogen-bond acceptors (Lipinski definition) is 7. The topological polar surface area (TPSA) is 83.5 Å². The molecular weight excluding hydrogens is 388 g/mol. The van der Waals surface area contributed by atoms with Crippen LogP contribution in [0.1, 0.15) is 27.9 Å². The van der Waals surface area contributed by atoms with Crippen LogP contribution in [0.3, 0.4) is 0 Å². The molecule has 0 aliphatic heterocycles. The molecule has 0 aromatic heterocycles. The van der Waals surface area contributed by atoms with Gasteiger partial charge in [-0.1, -0.05) is 18.7 Å². The van der Waals surface area contributed by atoms with Crippen molar-refractivity contribution in [1.82, 2.24) is 0 Å². The minimum Gasteiger partial charge on any atom is -0.497 e. The Bertz CT molecular complexity index is 830. The van der Waals surface area contributed by atoms with Gasteiger partial charge in [-0.2, -0.15) is 0 Å². The van der Waals surface area contributed by atoms with Crippen molar-refractivity contribution in [3.63, 3.8) is 0 Å². The fraction of sp³-hybridized carbons (Fsp3) is 0.348. The molecule has 0 saturated carbocycles. The predicted octanol–water partition coefficient (Wildman–Crippen LogP) is 3.45. The van der Waals surface area contributed by atoms with Crippen LogP contribution in [0.15, 0.2) is 49.0 Å². The van der Waals surface area contributed by atoms with Gasteiger partial charge >= 0.3 is 5.97 Å². The highest BCUT2D eigenvalue weighted by molar-refractivity contribution is 5.95. The summed E-state index contributed by atoms with van der Waals surface area (Å²) < 4.78 is 26.2. The van der Waals surface area contributed by atoms with Crippen LogP contribution in [0.2, 0.25) is 0 Å². The second-order valence-electron chi connectivity index (χ2n) is 6.48. The molecule has 1 atom stereocenters. The quantitative estimate of drug-likeness (QED) is 0.322. The number of hydrogen-bond donors (Lipinski definition) is 1. The summed E-state index contributed by atoms with van der Waals surface area (Å²) in [5.41, 5.74) is 1.82. The number of benzene rings is 2. The van der Waals surface area contributed by atoms with E-state index in [-0.39, 0.29) is 12.2 Å². The molecule has 0 aliphatic carbocycles. The van der Waals surface area contributed by atoms with E-state index in [1.54, 1.807) is 19.2 Å². The molecule has 0 radical (unpaired) electrons. The predicted molar refractivity (Wildman–Crippen MR) is 113 cm³/mol. The summed E-state index contributed by atoms with van der Waals surface area (Å²) >= 11 is 0. The van der Waals surface area contributed by atoms with Gasteiger partial charge < -0.3 is 28.8 Å². The van der Waals surface area contributed by atoms with E-state index in [1.165, 1.54) is 20.3 Å². The monoisotopic (exact) mass is 416 g/mol. The highest BCUT2D eigenvalue weighted by Crippen LogP contribution is 2.24. The number of rotatable bonds is 12. The van der Waals surface area contributed by atoms with Crippen LogP contribution in [0.25, 0.3) is 5.76 Å². The lowest BCUT2D eigenvalue weighted by Crippen LogP contribution is -2.19. The fourth-order valence-corrected chi connectivity index (χ4v) is 2.65. The van der Waals surface area contributed by atoms with E-state index in [0.717, 1.165) is 11.3 Å². The summed E-state index contributed by atoms with van der Waals surface area (Å²) in [6.45, 7) is 4.67. The number of aliphatic hydroxyl groups excluding tert-OH is 1. The normalized spacial score (nSPS) is 11.5. The second-order valence-corrected chi connectivity index (χ2v) is 6.48. The molecular formula is C23H28O7. The van der Waals surface area contributed by atoms with Crippen molar-refractivity contribution < 1.29 is 33.6 Å². The number of carbonyl (C=O) groups is 1. The highest BCUT2D eigenvalue weighted by atomic mass is 16.5. The number of methoxy groups -OCH3 is 3. The molecule has 0 bridgehead atoms. The van der Waals surface area contributed by atoms with Gasteiger partial charge in [0.25, 0.3) is 0 Å². The molecule has 0 heterocycles. The van der Waals surface area contributed by atoms with Crippen LogP contribution >= 0.6 is 0 Å². The Morgan fingerprint density at radius 1 is 1.00 bits per heavy atom. The molecule has 1 N–H and O–H groups in total. The molecule has 0 spiro atoms. The van der Waals surface area contributed by atoms with Crippen molar-refractivity contribution >= 4 is 11.7 Å². The second kappa shape index (κ2) is 11.8. The summed E-state index contributed by atoms with van der Waals surface area (Å²) in [6.07, 6.45) is -0.297. The summed E-state index contributed by atoms with van der Waals surface area (Å²) in [7, 11) is 4.39. The maximum Gasteiger partial charge on any atom is 0.338 e. The first-order valence-electron chi connectivity index (χ1n) is 9.45. The SMILES string of the molecule is C=C(OC)c1ccc(OCC(O)CCOCc2ccc(OC)cc2)cc1C(=O)OC. The van der Waals surface area contributed by atoms with Crippen LogP contribution in [0.5, 0.6) is 11.5 Å². The molecule has 0 fully saturated rings. The Balaban J connectivity index is 1.81. The molecule has 162 valence electrons. The Morgan fingerprint density at radius 2 is 1.70 bits per heavy atom. The molecule has 7 nitrogen and oxygen atoms in total. The molecule has 0 aliphatic rings. The molecule has 7 heteroatoms. The van der Waals surface area contributed by atoms with E-state index in [0.29, 0.717) is 36.7 Å². The van der Waals surface area contributed by atoms with Crippen molar-refractivity contribution in [2.75, 3.05) is 34.5 Å². The van der Waals surface area contributed by atoms with E-state index in [4.69, 9.17) is 23.7 Å². The third-order valence-electron chi connectivity index (χ3n) is 4.41. The van der Waals surface area contributed by atoms with Crippen molar-refractivity contribution in [3.8, 4) is 11.5 Å². The van der Waals surface area contributed by atoms with Gasteiger partial charge in [0.15, 0.2) is 0 Å². The molecule has 0 saturated heterocycles. The van der Waals surface area contributed by atoms with Crippen molar-refractivity contribution in [2.45, 2.75) is 19.1 Å². The number of ether oxygens (including phenoxy) is 5. The smallest absolute Gasteiger partial charge is 0.338 e. The number of carbonyl (C=O) groups excluding carboxylic acids is 1. The molecule has 1 unspecified atom stereocenters. The van der Waals surface area contributed by atoms with Crippen molar-refractivity contribution in [2.24, 2.45) is 0 Å². The zero-order valence-electron chi connectivity index (χ0n) is 17.6. The van der Waals surface area contributed by atoms with E-state index in [1.807, 2.05) is 24.3 Å². The minimum absolute atomic E-state index is 0.0665. The maximum absolute atomic E-state index is 12.0. The van der Waals surface area contributed by atoms with Gasteiger partial charge in [0.2, 0.25) is 0 Å². The molecule has 30 heavy (non-hydrogen) atoms. The van der Waals surface area contributed by atoms with Crippen LogP contribution in [0, 0.1) is 0 Å². The Labute approximate surface area is 176 Å². The van der Waals surface area contributed by atoms with Gasteiger partial charge in [-0.15, -0.1) is 0 Å². The lowest BCUT2D eigenvalue weighted by Gasteiger charge is -2.15. The van der Waals surface area contributed by atoms with Gasteiger partial charge in [-0.25, -0.2) is 4.79 Å². The van der Waals surface area contributed by atoms with Crippen LogP contribution in [-0.2, 0) is 20.8 Å². The third-order valence-corrected chi connectivity index (χ3v) is 4.41. The summed E-state index contributed by atoms with van der Waals surface area (Å²) in [5, 5.41) is 10.1. The molecule has 2 rings (SSSR count). The standard InChI is InChI=1S/C23H28O7/c1-16(26-2)21-10-9-20(13-22(21)23(25)28-4)30-15-18(24)11-12-29-14-17-5-7-19(27-3)8-6-17/h5-10,13,18,24H,1,11-12,14-15H2,2-4H3. The van der Waals surface area contributed by atoms with Crippen molar-refractivity contribution in [3.05, 3.63) is 65.7 Å². The van der Waals surface area contributed by atoms with Gasteiger partial charge in [0.1, 0.15) is 23.9 Å².